The van der Waals surface area contributed by atoms with E-state index in [1.807, 2.05) is 6.92 Å². The summed E-state index contributed by atoms with van der Waals surface area (Å²) in [7, 11) is 0. The second kappa shape index (κ2) is 6.40. The molecule has 0 aromatic carbocycles. The zero-order valence-corrected chi connectivity index (χ0v) is 9.82. The molecule has 1 aromatic rings. The van der Waals surface area contributed by atoms with Crippen LogP contribution in [-0.2, 0) is 11.3 Å². The molecule has 0 aliphatic heterocycles. The van der Waals surface area contributed by atoms with E-state index < -0.39 is 0 Å². The molecule has 1 unspecified atom stereocenters. The third-order valence-corrected chi connectivity index (χ3v) is 2.25. The Morgan fingerprint density at radius 1 is 1.56 bits per heavy atom. The van der Waals surface area contributed by atoms with Gasteiger partial charge in [0.25, 0.3) is 5.56 Å². The van der Waals surface area contributed by atoms with Gasteiger partial charge in [-0.25, -0.2) is 4.98 Å². The van der Waals surface area contributed by atoms with Gasteiger partial charge in [0.05, 0.1) is 5.69 Å². The van der Waals surface area contributed by atoms with E-state index in [1.54, 1.807) is 0 Å². The van der Waals surface area contributed by atoms with E-state index in [0.29, 0.717) is 18.1 Å². The fourth-order valence-corrected chi connectivity index (χ4v) is 1.55. The topological polar surface area (TPSA) is 81.0 Å². The van der Waals surface area contributed by atoms with Gasteiger partial charge in [0.2, 0.25) is 0 Å². The normalized spacial score (nSPS) is 12.7. The Morgan fingerprint density at radius 3 is 2.88 bits per heavy atom. The van der Waals surface area contributed by atoms with Crippen LogP contribution in [-0.4, -0.2) is 16.6 Å². The van der Waals surface area contributed by atoms with Crippen LogP contribution in [0.15, 0.2) is 10.9 Å². The second-order valence-electron chi connectivity index (χ2n) is 3.56. The summed E-state index contributed by atoms with van der Waals surface area (Å²) in [5.74, 6) is 0.580. The number of hydrogen-bond acceptors (Lipinski definition) is 4. The molecule has 90 valence electrons. The Hall–Kier alpha value is -1.20. The number of hydrogen-bond donors (Lipinski definition) is 2. The molecule has 0 fully saturated rings. The quantitative estimate of drug-likeness (QED) is 0.759. The molecule has 1 heterocycles. The molecular formula is C11H19N3O2. The van der Waals surface area contributed by atoms with Crippen LogP contribution in [0.1, 0.15) is 44.3 Å². The van der Waals surface area contributed by atoms with Gasteiger partial charge in [-0.15, -0.1) is 0 Å². The molecule has 0 aliphatic carbocycles. The minimum atomic E-state index is -0.175. The molecule has 1 rings (SSSR count). The van der Waals surface area contributed by atoms with Crippen molar-refractivity contribution in [1.29, 1.82) is 0 Å². The highest BCUT2D eigenvalue weighted by atomic mass is 16.5. The lowest BCUT2D eigenvalue weighted by molar-refractivity contribution is 0.0490. The highest BCUT2D eigenvalue weighted by Gasteiger charge is 2.13. The van der Waals surface area contributed by atoms with Gasteiger partial charge in [-0.3, -0.25) is 4.79 Å². The molecule has 0 bridgehead atoms. The van der Waals surface area contributed by atoms with E-state index in [0.717, 1.165) is 12.8 Å². The first-order valence-electron chi connectivity index (χ1n) is 5.63. The van der Waals surface area contributed by atoms with Gasteiger partial charge in [-0.1, -0.05) is 13.3 Å². The Labute approximate surface area is 95.0 Å². The number of aromatic amines is 1. The summed E-state index contributed by atoms with van der Waals surface area (Å²) >= 11 is 0. The average Bonchev–Trinajstić information content (AvgIpc) is 2.28. The maximum atomic E-state index is 11.4. The zero-order valence-electron chi connectivity index (χ0n) is 9.82. The van der Waals surface area contributed by atoms with Crippen molar-refractivity contribution in [1.82, 2.24) is 9.97 Å². The van der Waals surface area contributed by atoms with Crippen LogP contribution in [0.4, 0.5) is 0 Å². The molecule has 1 aromatic heterocycles. The minimum absolute atomic E-state index is 0.144. The number of H-pyrrole nitrogens is 1. The molecule has 0 amide bonds. The summed E-state index contributed by atoms with van der Waals surface area (Å²) in [5, 5.41) is 0. The predicted octanol–water partition coefficient (Wildman–Crippen LogP) is 1.11. The molecule has 0 saturated carbocycles. The average molecular weight is 225 g/mol. The van der Waals surface area contributed by atoms with Crippen molar-refractivity contribution >= 4 is 0 Å². The molecule has 5 nitrogen and oxygen atoms in total. The van der Waals surface area contributed by atoms with Gasteiger partial charge in [0.15, 0.2) is 0 Å². The van der Waals surface area contributed by atoms with E-state index in [2.05, 4.69) is 16.9 Å². The standard InChI is InChI=1S/C11H19N3O2/c1-3-5-9(16-4-2)11-13-8(7-12)6-10(15)14-11/h6,9H,3-5,7,12H2,1-2H3,(H,13,14,15). The highest BCUT2D eigenvalue weighted by Crippen LogP contribution is 2.18. The largest absolute Gasteiger partial charge is 0.371 e. The number of aromatic nitrogens is 2. The van der Waals surface area contributed by atoms with Crippen LogP contribution >= 0.6 is 0 Å². The summed E-state index contributed by atoms with van der Waals surface area (Å²) < 4.78 is 5.55. The molecule has 1 atom stereocenters. The summed E-state index contributed by atoms with van der Waals surface area (Å²) in [6.07, 6.45) is 1.67. The van der Waals surface area contributed by atoms with Crippen molar-refractivity contribution in [3.8, 4) is 0 Å². The monoisotopic (exact) mass is 225 g/mol. The summed E-state index contributed by atoms with van der Waals surface area (Å²) in [6.45, 7) is 4.85. The first-order valence-corrected chi connectivity index (χ1v) is 5.63. The minimum Gasteiger partial charge on any atom is -0.371 e. The zero-order chi connectivity index (χ0) is 12.0. The Balaban J connectivity index is 2.98. The van der Waals surface area contributed by atoms with Crippen molar-refractivity contribution in [3.05, 3.63) is 27.9 Å². The summed E-state index contributed by atoms with van der Waals surface area (Å²) in [6, 6.07) is 1.42. The highest BCUT2D eigenvalue weighted by molar-refractivity contribution is 5.04. The number of nitrogens with two attached hydrogens (primary N) is 1. The van der Waals surface area contributed by atoms with Crippen molar-refractivity contribution in [2.75, 3.05) is 6.61 Å². The van der Waals surface area contributed by atoms with Gasteiger partial charge in [-0.2, -0.15) is 0 Å². The van der Waals surface area contributed by atoms with E-state index in [1.165, 1.54) is 6.07 Å². The lowest BCUT2D eigenvalue weighted by Gasteiger charge is -2.15. The van der Waals surface area contributed by atoms with Gasteiger partial charge in [0.1, 0.15) is 11.9 Å². The summed E-state index contributed by atoms with van der Waals surface area (Å²) in [4.78, 5) is 18.4. The van der Waals surface area contributed by atoms with Crippen LogP contribution in [0, 0.1) is 0 Å². The van der Waals surface area contributed by atoms with E-state index >= 15 is 0 Å². The van der Waals surface area contributed by atoms with Crippen molar-refractivity contribution in [2.24, 2.45) is 5.73 Å². The first-order chi connectivity index (χ1) is 7.71. The third-order valence-electron chi connectivity index (χ3n) is 2.25. The van der Waals surface area contributed by atoms with Crippen molar-refractivity contribution in [3.63, 3.8) is 0 Å². The van der Waals surface area contributed by atoms with Crippen LogP contribution in [0.3, 0.4) is 0 Å². The maximum absolute atomic E-state index is 11.4. The van der Waals surface area contributed by atoms with Gasteiger partial charge in [-0.05, 0) is 13.3 Å². The van der Waals surface area contributed by atoms with Crippen molar-refractivity contribution in [2.45, 2.75) is 39.3 Å². The Kier molecular flexibility index (Phi) is 5.14. The first kappa shape index (κ1) is 12.9. The molecule has 0 saturated heterocycles. The fourth-order valence-electron chi connectivity index (χ4n) is 1.55. The van der Waals surface area contributed by atoms with Crippen LogP contribution in [0.25, 0.3) is 0 Å². The molecule has 5 heteroatoms. The lowest BCUT2D eigenvalue weighted by atomic mass is 10.2. The Bertz CT molecular complexity index is 370. The number of rotatable bonds is 6. The predicted molar refractivity (Wildman–Crippen MR) is 62.0 cm³/mol. The van der Waals surface area contributed by atoms with Gasteiger partial charge in [0, 0.05) is 19.2 Å². The number of nitrogens with zero attached hydrogens (tertiary/aromatic N) is 1. The van der Waals surface area contributed by atoms with Gasteiger partial charge >= 0.3 is 0 Å². The van der Waals surface area contributed by atoms with Crippen LogP contribution < -0.4 is 11.3 Å². The van der Waals surface area contributed by atoms with E-state index in [-0.39, 0.29) is 18.2 Å². The number of ether oxygens (including phenoxy) is 1. The SMILES string of the molecule is CCCC(OCC)c1nc(CN)cc(=O)[nH]1. The third kappa shape index (κ3) is 3.43. The van der Waals surface area contributed by atoms with Crippen LogP contribution in [0.5, 0.6) is 0 Å². The molecule has 0 radical (unpaired) electrons. The van der Waals surface area contributed by atoms with Crippen LogP contribution in [0.2, 0.25) is 0 Å². The maximum Gasteiger partial charge on any atom is 0.251 e. The molecule has 16 heavy (non-hydrogen) atoms. The second-order valence-corrected chi connectivity index (χ2v) is 3.56. The smallest absolute Gasteiger partial charge is 0.251 e. The molecule has 0 aliphatic rings. The van der Waals surface area contributed by atoms with E-state index in [9.17, 15) is 4.79 Å². The lowest BCUT2D eigenvalue weighted by Crippen LogP contribution is -2.18. The number of nitrogens with one attached hydrogen (secondary N) is 1. The molecule has 0 spiro atoms. The molecule has 3 N–H and O–H groups in total. The summed E-state index contributed by atoms with van der Waals surface area (Å²) in [5.41, 5.74) is 5.90. The Morgan fingerprint density at radius 2 is 2.31 bits per heavy atom. The van der Waals surface area contributed by atoms with Crippen molar-refractivity contribution < 1.29 is 4.74 Å². The van der Waals surface area contributed by atoms with Gasteiger partial charge < -0.3 is 15.5 Å². The molecular weight excluding hydrogens is 206 g/mol. The fraction of sp³-hybridized carbons (Fsp3) is 0.636. The van der Waals surface area contributed by atoms with E-state index in [4.69, 9.17) is 10.5 Å².